The first-order valence-electron chi connectivity index (χ1n) is 5.83. The van der Waals surface area contributed by atoms with Crippen LogP contribution in [0.2, 0.25) is 0 Å². The quantitative estimate of drug-likeness (QED) is 0.480. The number of esters is 1. The summed E-state index contributed by atoms with van der Waals surface area (Å²) in [5, 5.41) is 0.630. The number of rotatable bonds is 4. The zero-order chi connectivity index (χ0) is 15.6. The summed E-state index contributed by atoms with van der Waals surface area (Å²) in [6, 6.07) is 3.13. The Morgan fingerprint density at radius 1 is 1.48 bits per heavy atom. The number of thiophene rings is 1. The summed E-state index contributed by atoms with van der Waals surface area (Å²) in [4.78, 5) is 16.5. The van der Waals surface area contributed by atoms with E-state index in [0.717, 1.165) is 11.3 Å². The highest BCUT2D eigenvalue weighted by molar-refractivity contribution is 7.92. The minimum Gasteiger partial charge on any atom is -0.406 e. The van der Waals surface area contributed by atoms with Gasteiger partial charge < -0.3 is 9.64 Å². The molecular formula is C12H13N3O4S2. The Hall–Kier alpha value is -2.00. The average molecular weight is 327 g/mol. The molecule has 2 heterocycles. The van der Waals surface area contributed by atoms with Crippen molar-refractivity contribution in [2.75, 3.05) is 14.1 Å². The molecule has 0 aromatic carbocycles. The van der Waals surface area contributed by atoms with Gasteiger partial charge in [-0.15, -0.1) is 15.7 Å². The number of aromatic nitrogens is 1. The molecule has 0 amide bonds. The van der Waals surface area contributed by atoms with Gasteiger partial charge >= 0.3 is 5.97 Å². The number of hydrogen-bond donors (Lipinski definition) is 0. The summed E-state index contributed by atoms with van der Waals surface area (Å²) in [5.74, 6) is -0.415. The Balaban J connectivity index is 2.51. The lowest BCUT2D eigenvalue weighted by molar-refractivity contribution is -0.132. The van der Waals surface area contributed by atoms with E-state index in [0.29, 0.717) is 10.1 Å². The van der Waals surface area contributed by atoms with E-state index >= 15 is 0 Å². The van der Waals surface area contributed by atoms with Gasteiger partial charge in [-0.3, -0.25) is 4.79 Å². The number of carbonyl (C=O) groups is 1. The number of fused-ring (bicyclic) bond motifs is 1. The van der Waals surface area contributed by atoms with Crippen LogP contribution in [0.4, 0.5) is 0 Å². The molecule has 0 aliphatic carbocycles. The SMILES string of the molecule is CC(=O)Oc1nccc2cc(S(=O)(=O)N=CN(C)C)sc12. The zero-order valence-electron chi connectivity index (χ0n) is 11.6. The van der Waals surface area contributed by atoms with Crippen molar-refractivity contribution in [1.29, 1.82) is 0 Å². The normalized spacial score (nSPS) is 12.0. The van der Waals surface area contributed by atoms with Crippen molar-refractivity contribution in [1.82, 2.24) is 9.88 Å². The molecule has 7 nitrogen and oxygen atoms in total. The van der Waals surface area contributed by atoms with Gasteiger partial charge in [0.05, 0.1) is 4.70 Å². The van der Waals surface area contributed by atoms with E-state index in [1.165, 1.54) is 30.4 Å². The number of ether oxygens (including phenoxy) is 1. The molecule has 0 spiro atoms. The highest BCUT2D eigenvalue weighted by atomic mass is 32.2. The Morgan fingerprint density at radius 2 is 2.19 bits per heavy atom. The van der Waals surface area contributed by atoms with Crippen molar-refractivity contribution < 1.29 is 17.9 Å². The third-order valence-corrected chi connectivity index (χ3v) is 5.10. The standard InChI is InChI=1S/C12H13N3O4S2/c1-8(16)19-12-11-9(4-5-13-12)6-10(20-11)21(17,18)14-7-15(2)3/h4-7H,1-3H3. The van der Waals surface area contributed by atoms with Crippen molar-refractivity contribution in [2.24, 2.45) is 4.40 Å². The van der Waals surface area contributed by atoms with Crippen LogP contribution in [0.3, 0.4) is 0 Å². The zero-order valence-corrected chi connectivity index (χ0v) is 13.2. The molecule has 0 aliphatic heterocycles. The van der Waals surface area contributed by atoms with Crippen LogP contribution in [0, 0.1) is 0 Å². The first kappa shape index (κ1) is 15.4. The Labute approximate surface area is 125 Å². The van der Waals surface area contributed by atoms with Crippen LogP contribution in [-0.2, 0) is 14.8 Å². The molecule has 0 radical (unpaired) electrons. The van der Waals surface area contributed by atoms with Crippen molar-refractivity contribution in [3.05, 3.63) is 18.3 Å². The molecule has 2 rings (SSSR count). The number of carbonyl (C=O) groups excluding carboxylic acids is 1. The van der Waals surface area contributed by atoms with Gasteiger partial charge in [-0.2, -0.15) is 8.42 Å². The van der Waals surface area contributed by atoms with E-state index in [-0.39, 0.29) is 10.1 Å². The molecule has 0 saturated heterocycles. The topological polar surface area (TPSA) is 88.9 Å². The van der Waals surface area contributed by atoms with Crippen LogP contribution in [-0.4, -0.2) is 44.7 Å². The predicted octanol–water partition coefficient (Wildman–Crippen LogP) is 1.50. The van der Waals surface area contributed by atoms with Crippen molar-refractivity contribution >= 4 is 43.8 Å². The Kier molecular flexibility index (Phi) is 4.24. The van der Waals surface area contributed by atoms with Crippen molar-refractivity contribution in [3.63, 3.8) is 0 Å². The van der Waals surface area contributed by atoms with Crippen LogP contribution in [0.15, 0.2) is 26.9 Å². The molecule has 112 valence electrons. The maximum absolute atomic E-state index is 12.1. The molecule has 0 atom stereocenters. The van der Waals surface area contributed by atoms with Gasteiger partial charge in [-0.1, -0.05) is 0 Å². The molecule has 0 bridgehead atoms. The number of hydrogen-bond acceptors (Lipinski definition) is 6. The van der Waals surface area contributed by atoms with E-state index in [4.69, 9.17) is 4.74 Å². The lowest BCUT2D eigenvalue weighted by Gasteiger charge is -2.01. The van der Waals surface area contributed by atoms with Crippen LogP contribution in [0.1, 0.15) is 6.92 Å². The lowest BCUT2D eigenvalue weighted by atomic mass is 10.3. The number of pyridine rings is 1. The molecule has 21 heavy (non-hydrogen) atoms. The van der Waals surface area contributed by atoms with E-state index < -0.39 is 16.0 Å². The summed E-state index contributed by atoms with van der Waals surface area (Å²) in [6.07, 6.45) is 2.66. The largest absolute Gasteiger partial charge is 0.406 e. The molecule has 0 fully saturated rings. The lowest BCUT2D eigenvalue weighted by Crippen LogP contribution is -2.09. The Morgan fingerprint density at radius 3 is 2.81 bits per heavy atom. The fourth-order valence-corrected chi connectivity index (χ4v) is 3.77. The minimum atomic E-state index is -3.78. The maximum atomic E-state index is 12.1. The second kappa shape index (κ2) is 5.78. The van der Waals surface area contributed by atoms with E-state index in [2.05, 4.69) is 9.38 Å². The van der Waals surface area contributed by atoms with Crippen molar-refractivity contribution in [3.8, 4) is 5.88 Å². The van der Waals surface area contributed by atoms with Crippen LogP contribution < -0.4 is 4.74 Å². The molecule has 2 aromatic rings. The number of nitrogens with zero attached hydrogens (tertiary/aromatic N) is 3. The molecule has 9 heteroatoms. The van der Waals surface area contributed by atoms with Gasteiger partial charge in [0.15, 0.2) is 0 Å². The summed E-state index contributed by atoms with van der Waals surface area (Å²) >= 11 is 0.965. The fraction of sp³-hybridized carbons (Fsp3) is 0.250. The molecule has 0 saturated carbocycles. The predicted molar refractivity (Wildman–Crippen MR) is 80.3 cm³/mol. The van der Waals surface area contributed by atoms with Crippen LogP contribution in [0.5, 0.6) is 5.88 Å². The maximum Gasteiger partial charge on any atom is 0.309 e. The molecule has 0 N–H and O–H groups in total. The van der Waals surface area contributed by atoms with Gasteiger partial charge in [0.2, 0.25) is 5.88 Å². The fourth-order valence-electron chi connectivity index (χ4n) is 1.46. The average Bonchev–Trinajstić information content (AvgIpc) is 2.82. The third-order valence-electron chi connectivity index (χ3n) is 2.29. The van der Waals surface area contributed by atoms with E-state index in [1.54, 1.807) is 20.2 Å². The second-order valence-electron chi connectivity index (χ2n) is 4.35. The van der Waals surface area contributed by atoms with Gasteiger partial charge in [0.25, 0.3) is 10.0 Å². The monoisotopic (exact) mass is 327 g/mol. The highest BCUT2D eigenvalue weighted by Crippen LogP contribution is 2.35. The minimum absolute atomic E-state index is 0.0667. The first-order valence-corrected chi connectivity index (χ1v) is 8.09. The summed E-state index contributed by atoms with van der Waals surface area (Å²) in [7, 11) is -0.438. The first-order chi connectivity index (χ1) is 9.79. The molecule has 0 aliphatic rings. The molecule has 0 unspecified atom stereocenters. The highest BCUT2D eigenvalue weighted by Gasteiger charge is 2.19. The third kappa shape index (κ3) is 3.56. The van der Waals surface area contributed by atoms with Gasteiger partial charge in [-0.25, -0.2) is 4.98 Å². The molecular weight excluding hydrogens is 314 g/mol. The second-order valence-corrected chi connectivity index (χ2v) is 7.26. The van der Waals surface area contributed by atoms with Gasteiger partial charge in [-0.05, 0) is 12.1 Å². The number of sulfonamides is 1. The van der Waals surface area contributed by atoms with Gasteiger partial charge in [0, 0.05) is 32.6 Å². The van der Waals surface area contributed by atoms with Crippen LogP contribution >= 0.6 is 11.3 Å². The summed E-state index contributed by atoms with van der Waals surface area (Å²) < 4.78 is 33.3. The molecule has 2 aromatic heterocycles. The summed E-state index contributed by atoms with van der Waals surface area (Å²) in [6.45, 7) is 1.26. The van der Waals surface area contributed by atoms with Crippen molar-refractivity contribution in [2.45, 2.75) is 11.1 Å². The smallest absolute Gasteiger partial charge is 0.309 e. The summed E-state index contributed by atoms with van der Waals surface area (Å²) in [5.41, 5.74) is 0. The Bertz CT molecular complexity index is 809. The van der Waals surface area contributed by atoms with Crippen LogP contribution in [0.25, 0.3) is 10.1 Å². The van der Waals surface area contributed by atoms with E-state index in [9.17, 15) is 13.2 Å². The van der Waals surface area contributed by atoms with E-state index in [1.807, 2.05) is 0 Å². The van der Waals surface area contributed by atoms with Gasteiger partial charge in [0.1, 0.15) is 10.5 Å².